The maximum atomic E-state index is 9.26. The minimum Gasteiger partial charge on any atom is -0.396 e. The summed E-state index contributed by atoms with van der Waals surface area (Å²) in [7, 11) is 7.43. The van der Waals surface area contributed by atoms with Gasteiger partial charge in [0.1, 0.15) is 10.0 Å². The van der Waals surface area contributed by atoms with Crippen molar-refractivity contribution < 1.29 is 5.11 Å². The van der Waals surface area contributed by atoms with E-state index < -0.39 is 0 Å². The highest BCUT2D eigenvalue weighted by atomic mass is 32.1. The van der Waals surface area contributed by atoms with Gasteiger partial charge < -0.3 is 32.1 Å². The van der Waals surface area contributed by atoms with Crippen LogP contribution < -0.4 is 32.5 Å². The summed E-state index contributed by atoms with van der Waals surface area (Å²) in [5.41, 5.74) is 14.6. The molecule has 1 atom stereocenters. The molecule has 7 N–H and O–H groups in total. The van der Waals surface area contributed by atoms with E-state index in [1.54, 1.807) is 22.6 Å². The van der Waals surface area contributed by atoms with Gasteiger partial charge in [0.15, 0.2) is 22.8 Å². The Labute approximate surface area is 357 Å². The molecule has 18 nitrogen and oxygen atoms in total. The molecule has 1 aliphatic rings. The molecule has 1 saturated heterocycles. The van der Waals surface area contributed by atoms with Crippen molar-refractivity contribution in [1.82, 2.24) is 62.9 Å². The molecule has 318 valence electrons. The van der Waals surface area contributed by atoms with Crippen molar-refractivity contribution in [2.75, 3.05) is 57.5 Å². The Balaban J connectivity index is 0.000000187. The fourth-order valence-electron chi connectivity index (χ4n) is 6.40. The topological polar surface area (TPSA) is 216 Å². The first-order valence-electron chi connectivity index (χ1n) is 19.8. The van der Waals surface area contributed by atoms with Crippen molar-refractivity contribution >= 4 is 56.0 Å². The Morgan fingerprint density at radius 1 is 0.983 bits per heavy atom. The Kier molecular flexibility index (Phi) is 15.4. The molecule has 0 aromatic carbocycles. The Morgan fingerprint density at radius 3 is 2.33 bits per heavy atom. The molecule has 0 aliphatic carbocycles. The number of hydrogen-bond acceptors (Lipinski definition) is 16. The largest absolute Gasteiger partial charge is 0.396 e. The number of anilines is 4. The van der Waals surface area contributed by atoms with E-state index in [0.717, 1.165) is 87.0 Å². The summed E-state index contributed by atoms with van der Waals surface area (Å²) in [6, 6.07) is 4.09. The predicted molar refractivity (Wildman–Crippen MR) is 240 cm³/mol. The number of aliphatic hydroxyl groups is 1. The van der Waals surface area contributed by atoms with Crippen molar-refractivity contribution in [3.63, 3.8) is 0 Å². The summed E-state index contributed by atoms with van der Waals surface area (Å²) in [5, 5.41) is 32.7. The summed E-state index contributed by atoms with van der Waals surface area (Å²) in [6.07, 6.45) is 16.4. The second-order valence-electron chi connectivity index (χ2n) is 14.1. The number of aromatic nitrogens is 11. The fraction of sp³-hybridized carbons (Fsp3) is 0.400. The lowest BCUT2D eigenvalue weighted by Gasteiger charge is -2.15. The van der Waals surface area contributed by atoms with E-state index in [1.165, 1.54) is 23.1 Å². The van der Waals surface area contributed by atoms with Gasteiger partial charge in [-0.3, -0.25) is 23.3 Å². The molecule has 7 aromatic heterocycles. The zero-order valence-electron chi connectivity index (χ0n) is 35.1. The monoisotopic (exact) mass is 853 g/mol. The number of rotatable bonds is 14. The molecule has 7 aromatic rings. The van der Waals surface area contributed by atoms with Crippen molar-refractivity contribution in [1.29, 1.82) is 0 Å². The number of aryl methyl sites for hydroxylation is 4. The second-order valence-corrected chi connectivity index (χ2v) is 15.7. The second kappa shape index (κ2) is 21.1. The first kappa shape index (κ1) is 43.9. The van der Waals surface area contributed by atoms with Gasteiger partial charge >= 0.3 is 0 Å². The average molecular weight is 854 g/mol. The predicted octanol–water partition coefficient (Wildman–Crippen LogP) is 4.23. The van der Waals surface area contributed by atoms with Crippen molar-refractivity contribution in [2.24, 2.45) is 24.8 Å². The van der Waals surface area contributed by atoms with Crippen LogP contribution in [-0.2, 0) is 26.9 Å². The van der Waals surface area contributed by atoms with Crippen LogP contribution in [0.5, 0.6) is 0 Å². The highest BCUT2D eigenvalue weighted by Crippen LogP contribution is 2.31. The lowest BCUT2D eigenvalue weighted by atomic mass is 10.1. The van der Waals surface area contributed by atoms with Gasteiger partial charge in [0, 0.05) is 82.5 Å². The number of imidazole rings is 1. The smallest absolute Gasteiger partial charge is 0.180 e. The molecule has 60 heavy (non-hydrogen) atoms. The third-order valence-electron chi connectivity index (χ3n) is 9.52. The number of aliphatic hydroxyl groups excluding tert-OH is 1. The van der Waals surface area contributed by atoms with E-state index in [-0.39, 0.29) is 6.61 Å². The third kappa shape index (κ3) is 10.9. The molecule has 0 radical (unpaired) electrons. The van der Waals surface area contributed by atoms with Crippen LogP contribution in [0.25, 0.3) is 22.6 Å². The number of nitrogens with two attached hydrogens (primary N) is 1. The van der Waals surface area contributed by atoms with Crippen LogP contribution in [0.2, 0.25) is 0 Å². The van der Waals surface area contributed by atoms with Gasteiger partial charge in [-0.05, 0) is 88.1 Å². The Hall–Kier alpha value is -5.64. The first-order valence-corrected chi connectivity index (χ1v) is 21.4. The third-order valence-corrected chi connectivity index (χ3v) is 11.0. The van der Waals surface area contributed by atoms with Crippen LogP contribution in [-0.4, -0.2) is 104 Å². The number of fused-ring (bicyclic) bond motifs is 1. The molecule has 20 heteroatoms. The van der Waals surface area contributed by atoms with Gasteiger partial charge in [0.2, 0.25) is 0 Å². The van der Waals surface area contributed by atoms with Crippen molar-refractivity contribution in [2.45, 2.75) is 45.4 Å². The maximum Gasteiger partial charge on any atom is 0.180 e. The Morgan fingerprint density at radius 2 is 1.70 bits per heavy atom. The zero-order valence-corrected chi connectivity index (χ0v) is 36.7. The molecule has 0 amide bonds. The van der Waals surface area contributed by atoms with Gasteiger partial charge in [-0.25, -0.2) is 15.0 Å². The van der Waals surface area contributed by atoms with Crippen LogP contribution >= 0.6 is 23.1 Å². The summed E-state index contributed by atoms with van der Waals surface area (Å²) in [5.74, 6) is 1.82. The molecule has 1 unspecified atom stereocenters. The van der Waals surface area contributed by atoms with Gasteiger partial charge in [-0.2, -0.15) is 18.9 Å². The molecule has 0 bridgehead atoms. The standard InChI is InChI=1S/C20H24N8OS.C17H22N8S.C3H9N/c1-27-11-14(9-23-27)17-10-22-20-19(24-15(3-2-6-29)12-28(17)20)25-18-7-16(26-30-18)13-4-5-21-8-13;1-11-7-15(26-23-11)22-16-17(19-3)25(10-14(21-16)5-6-18)12(2)13-8-20-24(4)9-13;1-3-4-2/h7,9-13,21,29H,2-6,8H2,1H3,(H,24,25);7-10H,2,5-6,18H2,1,3-4H3,(H,21,22);4H,3H2,1-2H3. The lowest BCUT2D eigenvalue weighted by molar-refractivity contribution is 0.288. The van der Waals surface area contributed by atoms with E-state index in [1.807, 2.05) is 80.3 Å². The molecule has 1 fully saturated rings. The van der Waals surface area contributed by atoms with Crippen LogP contribution in [0, 0.1) is 6.92 Å². The Bertz CT molecular complexity index is 2530. The van der Waals surface area contributed by atoms with Gasteiger partial charge in [0.25, 0.3) is 0 Å². The van der Waals surface area contributed by atoms with E-state index >= 15 is 0 Å². The van der Waals surface area contributed by atoms with Crippen LogP contribution in [0.1, 0.15) is 54.0 Å². The normalized spacial score (nSPS) is 13.9. The highest BCUT2D eigenvalue weighted by Gasteiger charge is 2.21. The highest BCUT2D eigenvalue weighted by molar-refractivity contribution is 7.10. The van der Waals surface area contributed by atoms with E-state index in [4.69, 9.17) is 15.7 Å². The SMILES string of the molecule is C=C(c1cnn(C)c1)n1cc(CCN)nc(Nc2cc(C)ns2)c1=NC.CCNC.Cn1cc(-c2cnc3c(Nc4cc(C5CCNC5)ns4)nc(CCCO)cn23)cn1. The summed E-state index contributed by atoms with van der Waals surface area (Å²) in [4.78, 5) is 18.5. The molecule has 0 saturated carbocycles. The van der Waals surface area contributed by atoms with Gasteiger partial charge in [-0.1, -0.05) is 13.5 Å². The number of nitrogens with one attached hydrogen (secondary N) is 4. The molecule has 0 spiro atoms. The van der Waals surface area contributed by atoms with Gasteiger partial charge in [0.05, 0.1) is 52.8 Å². The average Bonchev–Trinajstić information content (AvgIpc) is 4.11. The number of nitrogens with zero attached hydrogens (tertiary/aromatic N) is 12. The molecule has 1 aliphatic heterocycles. The molecule has 8 rings (SSSR count). The van der Waals surface area contributed by atoms with Crippen molar-refractivity contribution in [3.8, 4) is 11.3 Å². The quantitative estimate of drug-likeness (QED) is 0.0905. The fourth-order valence-corrected chi connectivity index (χ4v) is 7.78. The van der Waals surface area contributed by atoms with Crippen molar-refractivity contribution in [3.05, 3.63) is 95.9 Å². The van der Waals surface area contributed by atoms with Crippen LogP contribution in [0.4, 0.5) is 21.6 Å². The first-order chi connectivity index (χ1) is 29.1. The van der Waals surface area contributed by atoms with Crippen LogP contribution in [0.3, 0.4) is 0 Å². The van der Waals surface area contributed by atoms with E-state index in [2.05, 4.69) is 69.8 Å². The van der Waals surface area contributed by atoms with Gasteiger partial charge in [-0.15, -0.1) is 0 Å². The van der Waals surface area contributed by atoms with E-state index in [0.29, 0.717) is 48.8 Å². The summed E-state index contributed by atoms with van der Waals surface area (Å²) >= 11 is 2.84. The number of hydrogen-bond donors (Lipinski definition) is 6. The molecular weight excluding hydrogens is 799 g/mol. The van der Waals surface area contributed by atoms with Crippen LogP contribution in [0.15, 0.2) is 67.1 Å². The minimum atomic E-state index is 0.134. The van der Waals surface area contributed by atoms with E-state index in [9.17, 15) is 5.11 Å². The zero-order chi connectivity index (χ0) is 42.6. The maximum absolute atomic E-state index is 9.26. The summed E-state index contributed by atoms with van der Waals surface area (Å²) in [6.45, 7) is 12.0. The summed E-state index contributed by atoms with van der Waals surface area (Å²) < 4.78 is 16.4. The molecular formula is C40H55N17OS2. The minimum absolute atomic E-state index is 0.134. The molecule has 8 heterocycles. The lowest BCUT2D eigenvalue weighted by Crippen LogP contribution is -2.26.